The monoisotopic (exact) mass is 461 g/mol. The first kappa shape index (κ1) is 22.2. The van der Waals surface area contributed by atoms with Crippen LogP contribution in [0.2, 0.25) is 5.02 Å². The minimum atomic E-state index is -0.666. The predicted molar refractivity (Wildman–Crippen MR) is 125 cm³/mol. The average molecular weight is 462 g/mol. The van der Waals surface area contributed by atoms with Gasteiger partial charge in [0, 0.05) is 9.95 Å². The number of carbonyl (C=O) groups is 1. The van der Waals surface area contributed by atoms with Gasteiger partial charge < -0.3 is 4.74 Å². The maximum Gasteiger partial charge on any atom is 0.344 e. The number of halogens is 1. The van der Waals surface area contributed by atoms with Crippen LogP contribution in [-0.2, 0) is 0 Å². The Hall–Kier alpha value is -3.97. The molecule has 7 nitrogen and oxygen atoms in total. The number of hydrogen-bond acceptors (Lipinski definition) is 5. The lowest BCUT2D eigenvalue weighted by atomic mass is 9.91. The highest BCUT2D eigenvalue weighted by atomic mass is 35.5. The van der Waals surface area contributed by atoms with Gasteiger partial charge in [0.2, 0.25) is 12.4 Å². The van der Waals surface area contributed by atoms with Crippen molar-refractivity contribution in [2.24, 2.45) is 0 Å². The number of carbonyl (C=O) groups excluding carboxylic acids is 1. The maximum atomic E-state index is 13.0. The molecule has 0 spiro atoms. The molecule has 1 heterocycles. The Morgan fingerprint density at radius 3 is 2.24 bits per heavy atom. The van der Waals surface area contributed by atoms with Crippen molar-refractivity contribution < 1.29 is 14.5 Å². The van der Waals surface area contributed by atoms with Crippen molar-refractivity contribution >= 4 is 17.6 Å². The van der Waals surface area contributed by atoms with Crippen molar-refractivity contribution in [2.45, 2.75) is 12.8 Å². The molecule has 0 saturated heterocycles. The van der Waals surface area contributed by atoms with E-state index in [0.29, 0.717) is 27.5 Å². The average Bonchev–Trinajstić information content (AvgIpc) is 3.14. The summed E-state index contributed by atoms with van der Waals surface area (Å²) in [6.45, 7) is 1.37. The van der Waals surface area contributed by atoms with Crippen molar-refractivity contribution in [3.8, 4) is 11.6 Å². The first-order valence-corrected chi connectivity index (χ1v) is 10.6. The van der Waals surface area contributed by atoms with Gasteiger partial charge in [0.1, 0.15) is 0 Å². The van der Waals surface area contributed by atoms with Crippen LogP contribution in [0.25, 0.3) is 5.69 Å². The molecular weight excluding hydrogens is 442 g/mol. The van der Waals surface area contributed by atoms with Crippen LogP contribution in [-0.4, -0.2) is 27.2 Å². The first-order valence-electron chi connectivity index (χ1n) is 10.2. The molecule has 1 atom stereocenters. The molecule has 3 aromatic carbocycles. The molecule has 8 heteroatoms. The van der Waals surface area contributed by atoms with Crippen LogP contribution in [0.15, 0.2) is 84.9 Å². The summed E-state index contributed by atoms with van der Waals surface area (Å²) >= 11 is 6.04. The Kier molecular flexibility index (Phi) is 6.51. The van der Waals surface area contributed by atoms with E-state index >= 15 is 0 Å². The number of nitrogens with zero attached hydrogens (tertiary/aromatic N) is 3. The summed E-state index contributed by atoms with van der Waals surface area (Å²) in [5, 5.41) is 16.7. The Bertz CT molecular complexity index is 1270. The van der Waals surface area contributed by atoms with Crippen LogP contribution in [0, 0.1) is 17.0 Å². The molecule has 0 unspecified atom stereocenters. The molecule has 4 aromatic rings. The molecule has 0 fully saturated rings. The quantitative estimate of drug-likeness (QED) is 0.207. The van der Waals surface area contributed by atoms with E-state index < -0.39 is 11.9 Å². The summed E-state index contributed by atoms with van der Waals surface area (Å²) < 4.78 is 7.34. The Morgan fingerprint density at radius 2 is 1.64 bits per heavy atom. The number of aryl methyl sites for hydroxylation is 1. The summed E-state index contributed by atoms with van der Waals surface area (Å²) in [4.78, 5) is 24.2. The fourth-order valence-corrected chi connectivity index (χ4v) is 3.82. The van der Waals surface area contributed by atoms with Gasteiger partial charge in [-0.3, -0.25) is 10.1 Å². The highest BCUT2D eigenvalue weighted by molar-refractivity contribution is 6.30. The molecule has 166 valence electrons. The SMILES string of the molecule is Cc1nn(-c2ccc(Cl)cc2)c(OC(=O)c2ccccc2)c1[C@@H](C[N+](=O)[O-])c1ccccc1. The van der Waals surface area contributed by atoms with Gasteiger partial charge in [0.25, 0.3) is 0 Å². The minimum absolute atomic E-state index is 0.138. The molecule has 4 rings (SSSR count). The molecule has 0 aliphatic heterocycles. The molecule has 0 N–H and O–H groups in total. The van der Waals surface area contributed by atoms with E-state index in [9.17, 15) is 14.9 Å². The molecule has 0 saturated carbocycles. The number of hydrogen-bond donors (Lipinski definition) is 0. The molecule has 33 heavy (non-hydrogen) atoms. The maximum absolute atomic E-state index is 13.0. The fraction of sp³-hybridized carbons (Fsp3) is 0.120. The van der Waals surface area contributed by atoms with Crippen LogP contribution in [0.4, 0.5) is 0 Å². The van der Waals surface area contributed by atoms with E-state index in [1.54, 1.807) is 61.5 Å². The summed E-state index contributed by atoms with van der Waals surface area (Å²) in [6.07, 6.45) is 0. The molecule has 0 aliphatic carbocycles. The van der Waals surface area contributed by atoms with Crippen LogP contribution < -0.4 is 4.74 Å². The largest absolute Gasteiger partial charge is 0.403 e. The lowest BCUT2D eigenvalue weighted by Gasteiger charge is -2.16. The summed E-state index contributed by atoms with van der Waals surface area (Å²) in [5.41, 5.74) is 2.70. The highest BCUT2D eigenvalue weighted by Crippen LogP contribution is 2.37. The van der Waals surface area contributed by atoms with E-state index in [1.165, 1.54) is 4.68 Å². The van der Waals surface area contributed by atoms with Crippen LogP contribution in [0.3, 0.4) is 0 Å². The second-order valence-corrected chi connectivity index (χ2v) is 7.86. The summed E-state index contributed by atoms with van der Waals surface area (Å²) in [7, 11) is 0. The van der Waals surface area contributed by atoms with Crippen molar-refractivity contribution in [1.82, 2.24) is 9.78 Å². The lowest BCUT2D eigenvalue weighted by Crippen LogP contribution is -2.18. The number of aromatic nitrogens is 2. The van der Waals surface area contributed by atoms with Gasteiger partial charge >= 0.3 is 5.97 Å². The van der Waals surface area contributed by atoms with E-state index in [-0.39, 0.29) is 17.3 Å². The van der Waals surface area contributed by atoms with Gasteiger partial charge in [0.15, 0.2) is 0 Å². The van der Waals surface area contributed by atoms with Crippen molar-refractivity contribution in [3.05, 3.63) is 122 Å². The number of nitro groups is 1. The topological polar surface area (TPSA) is 87.3 Å². The molecular formula is C25H20ClN3O4. The summed E-state index contributed by atoms with van der Waals surface area (Å²) in [5.74, 6) is -1.11. The Balaban J connectivity index is 1.89. The fourth-order valence-electron chi connectivity index (χ4n) is 3.69. The van der Waals surface area contributed by atoms with Crippen LogP contribution >= 0.6 is 11.6 Å². The third kappa shape index (κ3) is 4.94. The number of ether oxygens (including phenoxy) is 1. The third-order valence-electron chi connectivity index (χ3n) is 5.21. The van der Waals surface area contributed by atoms with Crippen LogP contribution in [0.5, 0.6) is 5.88 Å². The normalized spacial score (nSPS) is 11.7. The van der Waals surface area contributed by atoms with Gasteiger partial charge in [-0.2, -0.15) is 5.10 Å². The molecule has 0 bridgehead atoms. The molecule has 0 aliphatic rings. The molecule has 0 radical (unpaired) electrons. The molecule has 1 aromatic heterocycles. The Morgan fingerprint density at radius 1 is 1.03 bits per heavy atom. The standard InChI is InChI=1S/C25H20ClN3O4/c1-17-23(22(16-28(31)32)18-8-4-2-5-9-18)24(33-25(30)19-10-6-3-7-11-19)29(27-17)21-14-12-20(26)13-15-21/h2-15,22H,16H2,1H3/t22-/m0/s1. The smallest absolute Gasteiger partial charge is 0.344 e. The van der Waals surface area contributed by atoms with E-state index in [1.807, 2.05) is 30.3 Å². The van der Waals surface area contributed by atoms with Gasteiger partial charge in [0.05, 0.1) is 28.4 Å². The molecule has 0 amide bonds. The van der Waals surface area contributed by atoms with Crippen molar-refractivity contribution in [2.75, 3.05) is 6.54 Å². The number of rotatable bonds is 7. The van der Waals surface area contributed by atoms with Gasteiger partial charge in [-0.15, -0.1) is 0 Å². The van der Waals surface area contributed by atoms with Crippen LogP contribution in [0.1, 0.15) is 33.1 Å². The van der Waals surface area contributed by atoms with Gasteiger partial charge in [-0.05, 0) is 48.9 Å². The van der Waals surface area contributed by atoms with Gasteiger partial charge in [-0.25, -0.2) is 9.48 Å². The second-order valence-electron chi connectivity index (χ2n) is 7.43. The van der Waals surface area contributed by atoms with Crippen molar-refractivity contribution in [1.29, 1.82) is 0 Å². The first-order chi connectivity index (χ1) is 15.9. The summed E-state index contributed by atoms with van der Waals surface area (Å²) in [6, 6.07) is 24.5. The van der Waals surface area contributed by atoms with E-state index in [0.717, 1.165) is 5.56 Å². The number of benzene rings is 3. The highest BCUT2D eigenvalue weighted by Gasteiger charge is 2.31. The Labute approximate surface area is 195 Å². The zero-order valence-corrected chi connectivity index (χ0v) is 18.5. The predicted octanol–water partition coefficient (Wildman–Crippen LogP) is 5.46. The van der Waals surface area contributed by atoms with Crippen molar-refractivity contribution in [3.63, 3.8) is 0 Å². The second kappa shape index (κ2) is 9.67. The zero-order chi connectivity index (χ0) is 23.4. The zero-order valence-electron chi connectivity index (χ0n) is 17.7. The third-order valence-corrected chi connectivity index (χ3v) is 5.47. The van der Waals surface area contributed by atoms with Gasteiger partial charge in [-0.1, -0.05) is 60.1 Å². The number of esters is 1. The van der Waals surface area contributed by atoms with E-state index in [2.05, 4.69) is 5.10 Å². The lowest BCUT2D eigenvalue weighted by molar-refractivity contribution is -0.481. The van der Waals surface area contributed by atoms with E-state index in [4.69, 9.17) is 16.3 Å². The minimum Gasteiger partial charge on any atom is -0.403 e.